The van der Waals surface area contributed by atoms with Crippen LogP contribution in [0.15, 0.2) is 18.2 Å². The summed E-state index contributed by atoms with van der Waals surface area (Å²) in [6.45, 7) is 1.48. The molecule has 1 aromatic rings. The van der Waals surface area contributed by atoms with Crippen LogP contribution in [0.25, 0.3) is 0 Å². The monoisotopic (exact) mass is 295 g/mol. The summed E-state index contributed by atoms with van der Waals surface area (Å²) < 4.78 is 13.6. The number of halogens is 1. The highest BCUT2D eigenvalue weighted by atomic mass is 19.1. The number of amides is 2. The van der Waals surface area contributed by atoms with Crippen molar-refractivity contribution in [2.24, 2.45) is 0 Å². The molecule has 1 aliphatic heterocycles. The van der Waals surface area contributed by atoms with Crippen LogP contribution in [0.1, 0.15) is 23.2 Å². The molecular formula is C14H18FN3O3. The molecule has 1 saturated heterocycles. The first-order chi connectivity index (χ1) is 9.97. The fourth-order valence-electron chi connectivity index (χ4n) is 2.37. The van der Waals surface area contributed by atoms with Crippen molar-refractivity contribution < 1.29 is 19.1 Å². The summed E-state index contributed by atoms with van der Waals surface area (Å²) in [6, 6.07) is 3.00. The molecule has 0 aliphatic carbocycles. The SMILES string of the molecule is CN1CCCC1CNC(=O)Nc1cc(C(=O)O)ccc1F. The Morgan fingerprint density at radius 1 is 1.48 bits per heavy atom. The van der Waals surface area contributed by atoms with Crippen LogP contribution < -0.4 is 10.6 Å². The van der Waals surface area contributed by atoms with Gasteiger partial charge in [0.25, 0.3) is 0 Å². The zero-order valence-corrected chi connectivity index (χ0v) is 11.7. The number of likely N-dealkylation sites (tertiary alicyclic amines) is 1. The maximum atomic E-state index is 13.6. The van der Waals surface area contributed by atoms with Crippen molar-refractivity contribution in [2.45, 2.75) is 18.9 Å². The molecule has 6 nitrogen and oxygen atoms in total. The van der Waals surface area contributed by atoms with Gasteiger partial charge in [-0.3, -0.25) is 0 Å². The average Bonchev–Trinajstić information content (AvgIpc) is 2.84. The van der Waals surface area contributed by atoms with Gasteiger partial charge in [-0.15, -0.1) is 0 Å². The van der Waals surface area contributed by atoms with Crippen molar-refractivity contribution in [3.8, 4) is 0 Å². The van der Waals surface area contributed by atoms with Gasteiger partial charge in [0.2, 0.25) is 0 Å². The van der Waals surface area contributed by atoms with Crippen molar-refractivity contribution in [2.75, 3.05) is 25.5 Å². The van der Waals surface area contributed by atoms with E-state index in [1.165, 1.54) is 0 Å². The Hall–Kier alpha value is -2.15. The maximum absolute atomic E-state index is 13.6. The number of urea groups is 1. The normalized spacial score (nSPS) is 18.5. The number of carboxylic acids is 1. The lowest BCUT2D eigenvalue weighted by atomic mass is 10.2. The number of carbonyl (C=O) groups excluding carboxylic acids is 1. The Morgan fingerprint density at radius 2 is 2.24 bits per heavy atom. The van der Waals surface area contributed by atoms with Crippen molar-refractivity contribution in [3.05, 3.63) is 29.6 Å². The molecule has 2 rings (SSSR count). The molecule has 21 heavy (non-hydrogen) atoms. The van der Waals surface area contributed by atoms with Crippen molar-refractivity contribution in [1.29, 1.82) is 0 Å². The third kappa shape index (κ3) is 3.91. The number of likely N-dealkylation sites (N-methyl/N-ethyl adjacent to an activating group) is 1. The lowest BCUT2D eigenvalue weighted by molar-refractivity contribution is 0.0697. The van der Waals surface area contributed by atoms with E-state index in [-0.39, 0.29) is 17.3 Å². The Kier molecular flexibility index (Phi) is 4.74. The van der Waals surface area contributed by atoms with Gasteiger partial charge in [0, 0.05) is 12.6 Å². The number of rotatable bonds is 4. The van der Waals surface area contributed by atoms with Crippen LogP contribution in [-0.4, -0.2) is 48.2 Å². The molecular weight excluding hydrogens is 277 g/mol. The standard InChI is InChI=1S/C14H18FN3O3/c1-18-6-2-3-10(18)8-16-14(21)17-12-7-9(13(19)20)4-5-11(12)15/h4-5,7,10H,2-3,6,8H2,1H3,(H,19,20)(H2,16,17,21). The van der Waals surface area contributed by atoms with Crippen molar-refractivity contribution in [1.82, 2.24) is 10.2 Å². The van der Waals surface area contributed by atoms with E-state index in [0.717, 1.165) is 37.6 Å². The van der Waals surface area contributed by atoms with Crippen LogP contribution in [-0.2, 0) is 0 Å². The Balaban J connectivity index is 1.93. The van der Waals surface area contributed by atoms with E-state index in [0.29, 0.717) is 6.54 Å². The number of aromatic carboxylic acids is 1. The van der Waals surface area contributed by atoms with E-state index in [9.17, 15) is 14.0 Å². The highest BCUT2D eigenvalue weighted by Gasteiger charge is 2.21. The predicted molar refractivity (Wildman–Crippen MR) is 76.0 cm³/mol. The van der Waals surface area contributed by atoms with E-state index in [1.54, 1.807) is 0 Å². The van der Waals surface area contributed by atoms with E-state index >= 15 is 0 Å². The van der Waals surface area contributed by atoms with Gasteiger partial charge >= 0.3 is 12.0 Å². The second kappa shape index (κ2) is 6.53. The van der Waals surface area contributed by atoms with Gasteiger partial charge in [-0.1, -0.05) is 0 Å². The smallest absolute Gasteiger partial charge is 0.335 e. The first kappa shape index (κ1) is 15.2. The number of benzene rings is 1. The number of anilines is 1. The van der Waals surface area contributed by atoms with Crippen LogP contribution in [0.2, 0.25) is 0 Å². The first-order valence-electron chi connectivity index (χ1n) is 6.75. The summed E-state index contributed by atoms with van der Waals surface area (Å²) in [7, 11) is 1.99. The van der Waals surface area contributed by atoms with E-state index in [4.69, 9.17) is 5.11 Å². The molecule has 0 bridgehead atoms. The van der Waals surface area contributed by atoms with Gasteiger partial charge in [-0.25, -0.2) is 14.0 Å². The van der Waals surface area contributed by atoms with Gasteiger partial charge in [0.05, 0.1) is 11.3 Å². The molecule has 0 radical (unpaired) electrons. The number of nitrogens with one attached hydrogen (secondary N) is 2. The number of carbonyl (C=O) groups is 2. The number of carboxylic acid groups (broad SMARTS) is 1. The van der Waals surface area contributed by atoms with Crippen LogP contribution in [0.3, 0.4) is 0 Å². The minimum atomic E-state index is -1.17. The van der Waals surface area contributed by atoms with Crippen LogP contribution in [0, 0.1) is 5.82 Å². The third-order valence-corrected chi connectivity index (χ3v) is 3.63. The molecule has 2 amide bonds. The first-order valence-corrected chi connectivity index (χ1v) is 6.75. The Morgan fingerprint density at radius 3 is 2.86 bits per heavy atom. The Bertz CT molecular complexity index is 550. The van der Waals surface area contributed by atoms with E-state index in [2.05, 4.69) is 15.5 Å². The molecule has 0 saturated carbocycles. The molecule has 7 heteroatoms. The third-order valence-electron chi connectivity index (χ3n) is 3.63. The number of hydrogen-bond donors (Lipinski definition) is 3. The molecule has 1 unspecified atom stereocenters. The second-order valence-electron chi connectivity index (χ2n) is 5.11. The average molecular weight is 295 g/mol. The fourth-order valence-corrected chi connectivity index (χ4v) is 2.37. The van der Waals surface area contributed by atoms with Crippen molar-refractivity contribution >= 4 is 17.7 Å². The number of hydrogen-bond acceptors (Lipinski definition) is 3. The number of nitrogens with zero attached hydrogens (tertiary/aromatic N) is 1. The summed E-state index contributed by atoms with van der Waals surface area (Å²) in [5.74, 6) is -1.85. The molecule has 1 heterocycles. The molecule has 0 spiro atoms. The van der Waals surface area contributed by atoms with Gasteiger partial charge in [0.1, 0.15) is 5.82 Å². The summed E-state index contributed by atoms with van der Waals surface area (Å²) >= 11 is 0. The minimum absolute atomic E-state index is 0.0813. The molecule has 0 aromatic heterocycles. The highest BCUT2D eigenvalue weighted by molar-refractivity contribution is 5.93. The second-order valence-corrected chi connectivity index (χ2v) is 5.11. The minimum Gasteiger partial charge on any atom is -0.478 e. The molecule has 3 N–H and O–H groups in total. The van der Waals surface area contributed by atoms with Gasteiger partial charge in [-0.05, 0) is 44.6 Å². The summed E-state index contributed by atoms with van der Waals surface area (Å²) in [5.41, 5.74) is -0.227. The van der Waals surface area contributed by atoms with Crippen molar-refractivity contribution in [3.63, 3.8) is 0 Å². The molecule has 1 aromatic carbocycles. The maximum Gasteiger partial charge on any atom is 0.335 e. The topological polar surface area (TPSA) is 81.7 Å². The Labute approximate surface area is 121 Å². The molecule has 1 aliphatic rings. The van der Waals surface area contributed by atoms with Crippen LogP contribution in [0.4, 0.5) is 14.9 Å². The van der Waals surface area contributed by atoms with Gasteiger partial charge in [0.15, 0.2) is 0 Å². The summed E-state index contributed by atoms with van der Waals surface area (Å²) in [6.07, 6.45) is 2.11. The highest BCUT2D eigenvalue weighted by Crippen LogP contribution is 2.17. The lowest BCUT2D eigenvalue weighted by Gasteiger charge is -2.19. The zero-order valence-electron chi connectivity index (χ0n) is 11.7. The molecule has 1 fully saturated rings. The zero-order chi connectivity index (χ0) is 15.4. The van der Waals surface area contributed by atoms with Crippen LogP contribution >= 0.6 is 0 Å². The van der Waals surface area contributed by atoms with E-state index < -0.39 is 17.8 Å². The van der Waals surface area contributed by atoms with Gasteiger partial charge < -0.3 is 20.6 Å². The van der Waals surface area contributed by atoms with Gasteiger partial charge in [-0.2, -0.15) is 0 Å². The molecule has 1 atom stereocenters. The van der Waals surface area contributed by atoms with Crippen LogP contribution in [0.5, 0.6) is 0 Å². The fraction of sp³-hybridized carbons (Fsp3) is 0.429. The lowest BCUT2D eigenvalue weighted by Crippen LogP contribution is -2.40. The summed E-state index contributed by atoms with van der Waals surface area (Å²) in [5, 5.41) is 13.9. The molecule has 114 valence electrons. The quantitative estimate of drug-likeness (QED) is 0.790. The van der Waals surface area contributed by atoms with E-state index in [1.807, 2.05) is 7.05 Å². The predicted octanol–water partition coefficient (Wildman–Crippen LogP) is 1.74. The summed E-state index contributed by atoms with van der Waals surface area (Å²) in [4.78, 5) is 24.7. The largest absolute Gasteiger partial charge is 0.478 e.